The zero-order valence-electron chi connectivity index (χ0n) is 12.4. The molecule has 5 heteroatoms. The molecular formula is C17H18BrN3O. The van der Waals surface area contributed by atoms with E-state index in [4.69, 9.17) is 0 Å². The Morgan fingerprint density at radius 1 is 1.32 bits per heavy atom. The van der Waals surface area contributed by atoms with Crippen molar-refractivity contribution in [3.05, 3.63) is 53.0 Å². The van der Waals surface area contributed by atoms with Gasteiger partial charge in [-0.15, -0.1) is 0 Å². The third kappa shape index (κ3) is 3.53. The van der Waals surface area contributed by atoms with Crippen molar-refractivity contribution < 1.29 is 4.79 Å². The summed E-state index contributed by atoms with van der Waals surface area (Å²) in [6.07, 6.45) is 5.24. The van der Waals surface area contributed by atoms with Crippen LogP contribution in [0.15, 0.2) is 47.3 Å². The second kappa shape index (κ2) is 6.57. The van der Waals surface area contributed by atoms with E-state index < -0.39 is 0 Å². The molecule has 2 aromatic rings. The van der Waals surface area contributed by atoms with Crippen LogP contribution in [0.2, 0.25) is 0 Å². The summed E-state index contributed by atoms with van der Waals surface area (Å²) >= 11 is 3.38. The zero-order valence-corrected chi connectivity index (χ0v) is 14.0. The maximum atomic E-state index is 12.7. The Labute approximate surface area is 138 Å². The summed E-state index contributed by atoms with van der Waals surface area (Å²) in [5, 5.41) is 0. The van der Waals surface area contributed by atoms with Gasteiger partial charge in [0, 0.05) is 42.7 Å². The lowest BCUT2D eigenvalue weighted by atomic mass is 10.2. The standard InChI is InChI=1S/C17H18BrN3O/c1-12-10-15(12)17(22)21(14-5-8-20-16(18)11-14)9-6-13-4-2-3-7-19-13/h2-5,7-8,11-12,15H,6,9-10H2,1H3. The molecule has 2 aromatic heterocycles. The highest BCUT2D eigenvalue weighted by molar-refractivity contribution is 9.10. The van der Waals surface area contributed by atoms with Crippen LogP contribution in [-0.2, 0) is 11.2 Å². The Bertz CT molecular complexity index is 662. The highest BCUT2D eigenvalue weighted by Crippen LogP contribution is 2.40. The first kappa shape index (κ1) is 15.2. The van der Waals surface area contributed by atoms with E-state index in [0.717, 1.165) is 28.8 Å². The van der Waals surface area contributed by atoms with Crippen molar-refractivity contribution in [2.45, 2.75) is 19.8 Å². The van der Waals surface area contributed by atoms with Gasteiger partial charge in [0.1, 0.15) is 4.60 Å². The topological polar surface area (TPSA) is 46.1 Å². The van der Waals surface area contributed by atoms with Crippen LogP contribution in [0.1, 0.15) is 19.0 Å². The third-order valence-corrected chi connectivity index (χ3v) is 4.47. The van der Waals surface area contributed by atoms with E-state index in [0.29, 0.717) is 12.5 Å². The van der Waals surface area contributed by atoms with Gasteiger partial charge in [0.2, 0.25) is 5.91 Å². The van der Waals surface area contributed by atoms with Gasteiger partial charge in [-0.1, -0.05) is 13.0 Å². The smallest absolute Gasteiger partial charge is 0.230 e. The molecule has 3 rings (SSSR count). The van der Waals surface area contributed by atoms with Crippen molar-refractivity contribution in [1.82, 2.24) is 9.97 Å². The van der Waals surface area contributed by atoms with Crippen LogP contribution in [0.25, 0.3) is 0 Å². The molecule has 1 saturated carbocycles. The summed E-state index contributed by atoms with van der Waals surface area (Å²) in [6.45, 7) is 2.76. The summed E-state index contributed by atoms with van der Waals surface area (Å²) in [5.41, 5.74) is 1.89. The molecule has 0 saturated heterocycles. The van der Waals surface area contributed by atoms with Crippen LogP contribution in [-0.4, -0.2) is 22.4 Å². The molecule has 0 N–H and O–H groups in total. The first-order valence-electron chi connectivity index (χ1n) is 7.48. The molecule has 0 radical (unpaired) electrons. The quantitative estimate of drug-likeness (QED) is 0.767. The van der Waals surface area contributed by atoms with Crippen LogP contribution >= 0.6 is 15.9 Å². The van der Waals surface area contributed by atoms with Crippen molar-refractivity contribution in [1.29, 1.82) is 0 Å². The Hall–Kier alpha value is -1.75. The monoisotopic (exact) mass is 359 g/mol. The Kier molecular flexibility index (Phi) is 4.52. The van der Waals surface area contributed by atoms with Crippen molar-refractivity contribution in [2.75, 3.05) is 11.4 Å². The average molecular weight is 360 g/mol. The summed E-state index contributed by atoms with van der Waals surface area (Å²) < 4.78 is 0.740. The summed E-state index contributed by atoms with van der Waals surface area (Å²) in [4.78, 5) is 23.1. The molecule has 1 fully saturated rings. The minimum atomic E-state index is 0.163. The maximum absolute atomic E-state index is 12.7. The first-order chi connectivity index (χ1) is 10.6. The van der Waals surface area contributed by atoms with E-state index in [1.165, 1.54) is 0 Å². The van der Waals surface area contributed by atoms with Gasteiger partial charge in [-0.05, 0) is 52.5 Å². The molecule has 114 valence electrons. The molecule has 1 aliphatic carbocycles. The van der Waals surface area contributed by atoms with E-state index in [2.05, 4.69) is 32.8 Å². The van der Waals surface area contributed by atoms with Gasteiger partial charge in [0.25, 0.3) is 0 Å². The molecule has 2 heterocycles. The zero-order chi connectivity index (χ0) is 15.5. The van der Waals surface area contributed by atoms with Gasteiger partial charge < -0.3 is 4.90 Å². The number of pyridine rings is 2. The van der Waals surface area contributed by atoms with E-state index >= 15 is 0 Å². The number of halogens is 1. The fourth-order valence-electron chi connectivity index (χ4n) is 2.57. The Morgan fingerprint density at radius 3 is 2.77 bits per heavy atom. The molecule has 2 atom stereocenters. The maximum Gasteiger partial charge on any atom is 0.230 e. The second-order valence-electron chi connectivity index (χ2n) is 5.72. The summed E-state index contributed by atoms with van der Waals surface area (Å²) in [6, 6.07) is 9.64. The number of hydrogen-bond donors (Lipinski definition) is 0. The first-order valence-corrected chi connectivity index (χ1v) is 8.27. The largest absolute Gasteiger partial charge is 0.312 e. The molecule has 2 unspecified atom stereocenters. The molecule has 0 aliphatic heterocycles. The number of nitrogens with zero attached hydrogens (tertiary/aromatic N) is 3. The average Bonchev–Trinajstić information content (AvgIpc) is 3.25. The number of carbonyl (C=O) groups excluding carboxylic acids is 1. The van der Waals surface area contributed by atoms with Crippen LogP contribution in [0, 0.1) is 11.8 Å². The number of amides is 1. The lowest BCUT2D eigenvalue weighted by Crippen LogP contribution is -2.34. The minimum Gasteiger partial charge on any atom is -0.312 e. The highest BCUT2D eigenvalue weighted by atomic mass is 79.9. The molecular weight excluding hydrogens is 342 g/mol. The molecule has 0 spiro atoms. The molecule has 22 heavy (non-hydrogen) atoms. The summed E-state index contributed by atoms with van der Waals surface area (Å²) in [5.74, 6) is 0.868. The van der Waals surface area contributed by atoms with E-state index in [1.54, 1.807) is 12.4 Å². The molecule has 0 bridgehead atoms. The van der Waals surface area contributed by atoms with Crippen LogP contribution in [0.3, 0.4) is 0 Å². The molecule has 1 aliphatic rings. The Morgan fingerprint density at radius 2 is 2.14 bits per heavy atom. The minimum absolute atomic E-state index is 0.163. The highest BCUT2D eigenvalue weighted by Gasteiger charge is 2.41. The number of rotatable bonds is 5. The predicted molar refractivity (Wildman–Crippen MR) is 89.5 cm³/mol. The lowest BCUT2D eigenvalue weighted by molar-refractivity contribution is -0.120. The summed E-state index contributed by atoms with van der Waals surface area (Å²) in [7, 11) is 0. The van der Waals surface area contributed by atoms with Crippen molar-refractivity contribution >= 4 is 27.5 Å². The number of carbonyl (C=O) groups is 1. The van der Waals surface area contributed by atoms with Gasteiger partial charge in [-0.3, -0.25) is 9.78 Å². The number of aromatic nitrogens is 2. The second-order valence-corrected chi connectivity index (χ2v) is 6.53. The SMILES string of the molecule is CC1CC1C(=O)N(CCc1ccccn1)c1ccnc(Br)c1. The number of hydrogen-bond acceptors (Lipinski definition) is 3. The Balaban J connectivity index is 1.78. The van der Waals surface area contributed by atoms with Crippen LogP contribution < -0.4 is 4.90 Å². The lowest BCUT2D eigenvalue weighted by Gasteiger charge is -2.23. The normalized spacial score (nSPS) is 19.7. The molecule has 1 amide bonds. The van der Waals surface area contributed by atoms with Gasteiger partial charge in [0.05, 0.1) is 0 Å². The van der Waals surface area contributed by atoms with Gasteiger partial charge >= 0.3 is 0 Å². The van der Waals surface area contributed by atoms with E-state index in [-0.39, 0.29) is 11.8 Å². The van der Waals surface area contributed by atoms with Crippen molar-refractivity contribution in [3.63, 3.8) is 0 Å². The third-order valence-electron chi connectivity index (χ3n) is 4.03. The van der Waals surface area contributed by atoms with Crippen molar-refractivity contribution in [3.8, 4) is 0 Å². The van der Waals surface area contributed by atoms with Gasteiger partial charge in [0.15, 0.2) is 0 Å². The van der Waals surface area contributed by atoms with Crippen LogP contribution in [0.4, 0.5) is 5.69 Å². The predicted octanol–water partition coefficient (Wildman–Crippen LogP) is 3.47. The van der Waals surface area contributed by atoms with Gasteiger partial charge in [-0.25, -0.2) is 4.98 Å². The molecule has 0 aromatic carbocycles. The van der Waals surface area contributed by atoms with E-state index in [9.17, 15) is 4.79 Å². The van der Waals surface area contributed by atoms with Crippen molar-refractivity contribution in [2.24, 2.45) is 11.8 Å². The molecule has 4 nitrogen and oxygen atoms in total. The van der Waals surface area contributed by atoms with E-state index in [1.807, 2.05) is 35.2 Å². The fourth-order valence-corrected chi connectivity index (χ4v) is 2.92. The van der Waals surface area contributed by atoms with Crippen LogP contribution in [0.5, 0.6) is 0 Å². The number of anilines is 1. The van der Waals surface area contributed by atoms with Gasteiger partial charge in [-0.2, -0.15) is 0 Å². The fraction of sp³-hybridized carbons (Fsp3) is 0.353.